The van der Waals surface area contributed by atoms with Gasteiger partial charge in [0.2, 0.25) is 0 Å². The summed E-state index contributed by atoms with van der Waals surface area (Å²) >= 11 is 0. The van der Waals surface area contributed by atoms with Crippen molar-refractivity contribution >= 4 is 0 Å². The molecule has 2 nitrogen and oxygen atoms in total. The highest BCUT2D eigenvalue weighted by molar-refractivity contribution is 5.16. The SMILES string of the molecule is C/C=C/CCN1CCCNC(Cc2ccccc2)C1. The van der Waals surface area contributed by atoms with Crippen molar-refractivity contribution in [2.45, 2.75) is 32.2 Å². The van der Waals surface area contributed by atoms with Crippen molar-refractivity contribution in [3.05, 3.63) is 48.0 Å². The van der Waals surface area contributed by atoms with Gasteiger partial charge in [-0.25, -0.2) is 0 Å². The second kappa shape index (κ2) is 8.13. The minimum absolute atomic E-state index is 0.593. The van der Waals surface area contributed by atoms with Crippen LogP contribution in [0.4, 0.5) is 0 Å². The molecule has 104 valence electrons. The van der Waals surface area contributed by atoms with Crippen LogP contribution in [0.15, 0.2) is 42.5 Å². The number of rotatable bonds is 5. The van der Waals surface area contributed by atoms with E-state index in [9.17, 15) is 0 Å². The van der Waals surface area contributed by atoms with Crippen LogP contribution in [-0.4, -0.2) is 37.1 Å². The fourth-order valence-corrected chi connectivity index (χ4v) is 2.74. The Morgan fingerprint density at radius 2 is 2.16 bits per heavy atom. The van der Waals surface area contributed by atoms with Gasteiger partial charge in [-0.05, 0) is 44.8 Å². The molecule has 0 amide bonds. The smallest absolute Gasteiger partial charge is 0.0235 e. The van der Waals surface area contributed by atoms with Crippen LogP contribution in [0.5, 0.6) is 0 Å². The van der Waals surface area contributed by atoms with Crippen molar-refractivity contribution in [2.75, 3.05) is 26.2 Å². The summed E-state index contributed by atoms with van der Waals surface area (Å²) in [5, 5.41) is 3.69. The van der Waals surface area contributed by atoms with Gasteiger partial charge in [0.05, 0.1) is 0 Å². The van der Waals surface area contributed by atoms with E-state index < -0.39 is 0 Å². The highest BCUT2D eigenvalue weighted by Gasteiger charge is 2.17. The van der Waals surface area contributed by atoms with Gasteiger partial charge in [-0.15, -0.1) is 0 Å². The molecular formula is C17H26N2. The van der Waals surface area contributed by atoms with Crippen molar-refractivity contribution in [1.82, 2.24) is 10.2 Å². The molecule has 1 fully saturated rings. The fourth-order valence-electron chi connectivity index (χ4n) is 2.74. The predicted molar refractivity (Wildman–Crippen MR) is 82.4 cm³/mol. The molecular weight excluding hydrogens is 232 g/mol. The molecule has 0 saturated carbocycles. The average Bonchev–Trinajstić information content (AvgIpc) is 2.66. The number of allylic oxidation sites excluding steroid dienone is 1. The van der Waals surface area contributed by atoms with Crippen LogP contribution in [0, 0.1) is 0 Å². The van der Waals surface area contributed by atoms with E-state index in [0.29, 0.717) is 6.04 Å². The van der Waals surface area contributed by atoms with Gasteiger partial charge < -0.3 is 10.2 Å². The van der Waals surface area contributed by atoms with Gasteiger partial charge in [0.25, 0.3) is 0 Å². The molecule has 0 radical (unpaired) electrons. The van der Waals surface area contributed by atoms with E-state index in [0.717, 1.165) is 13.0 Å². The molecule has 1 aromatic rings. The fraction of sp³-hybridized carbons (Fsp3) is 0.529. The van der Waals surface area contributed by atoms with Gasteiger partial charge in [-0.1, -0.05) is 42.5 Å². The van der Waals surface area contributed by atoms with Crippen molar-refractivity contribution in [3.63, 3.8) is 0 Å². The Hall–Kier alpha value is -1.12. The Labute approximate surface area is 117 Å². The van der Waals surface area contributed by atoms with Crippen LogP contribution in [0.3, 0.4) is 0 Å². The van der Waals surface area contributed by atoms with Crippen molar-refractivity contribution in [2.24, 2.45) is 0 Å². The van der Waals surface area contributed by atoms with Crippen LogP contribution in [0.2, 0.25) is 0 Å². The summed E-state index contributed by atoms with van der Waals surface area (Å²) in [6.45, 7) is 6.85. The molecule has 1 aliphatic rings. The summed E-state index contributed by atoms with van der Waals surface area (Å²) in [4.78, 5) is 2.60. The normalized spacial score (nSPS) is 21.6. The quantitative estimate of drug-likeness (QED) is 0.817. The highest BCUT2D eigenvalue weighted by atomic mass is 15.2. The van der Waals surface area contributed by atoms with Crippen LogP contribution in [0.1, 0.15) is 25.3 Å². The molecule has 0 aromatic heterocycles. The minimum atomic E-state index is 0.593. The Kier molecular flexibility index (Phi) is 6.12. The third-order valence-electron chi connectivity index (χ3n) is 3.74. The van der Waals surface area contributed by atoms with E-state index in [1.807, 2.05) is 0 Å². The van der Waals surface area contributed by atoms with Gasteiger partial charge >= 0.3 is 0 Å². The highest BCUT2D eigenvalue weighted by Crippen LogP contribution is 2.08. The lowest BCUT2D eigenvalue weighted by atomic mass is 10.1. The molecule has 1 heterocycles. The molecule has 2 heteroatoms. The molecule has 1 unspecified atom stereocenters. The lowest BCUT2D eigenvalue weighted by molar-refractivity contribution is 0.272. The number of hydrogen-bond acceptors (Lipinski definition) is 2. The lowest BCUT2D eigenvalue weighted by Gasteiger charge is -2.24. The number of benzene rings is 1. The molecule has 0 bridgehead atoms. The predicted octanol–water partition coefficient (Wildman–Crippen LogP) is 2.86. The first-order valence-electron chi connectivity index (χ1n) is 7.49. The second-order valence-electron chi connectivity index (χ2n) is 5.35. The van der Waals surface area contributed by atoms with Gasteiger partial charge in [0.15, 0.2) is 0 Å². The monoisotopic (exact) mass is 258 g/mol. The molecule has 1 N–H and O–H groups in total. The third-order valence-corrected chi connectivity index (χ3v) is 3.74. The van der Waals surface area contributed by atoms with E-state index in [1.54, 1.807) is 0 Å². The number of hydrogen-bond donors (Lipinski definition) is 1. The summed E-state index contributed by atoms with van der Waals surface area (Å²) in [5.41, 5.74) is 1.44. The zero-order valence-electron chi connectivity index (χ0n) is 12.0. The van der Waals surface area contributed by atoms with Crippen LogP contribution in [-0.2, 0) is 6.42 Å². The van der Waals surface area contributed by atoms with Gasteiger partial charge in [0.1, 0.15) is 0 Å². The van der Waals surface area contributed by atoms with Crippen molar-refractivity contribution in [3.8, 4) is 0 Å². The Bertz CT molecular complexity index is 372. The summed E-state index contributed by atoms with van der Waals surface area (Å²) < 4.78 is 0. The van der Waals surface area contributed by atoms with Gasteiger partial charge in [0, 0.05) is 19.1 Å². The largest absolute Gasteiger partial charge is 0.312 e. The molecule has 0 aliphatic carbocycles. The maximum Gasteiger partial charge on any atom is 0.0235 e. The van der Waals surface area contributed by atoms with Gasteiger partial charge in [-0.2, -0.15) is 0 Å². The maximum absolute atomic E-state index is 3.69. The standard InChI is InChI=1S/C17H26N2/c1-2-3-7-12-19-13-8-11-18-17(15-19)14-16-9-5-4-6-10-16/h2-6,9-10,17-18H,7-8,11-15H2,1H3/b3-2+. The molecule has 1 aliphatic heterocycles. The zero-order chi connectivity index (χ0) is 13.3. The Morgan fingerprint density at radius 3 is 2.95 bits per heavy atom. The first kappa shape index (κ1) is 14.3. The van der Waals surface area contributed by atoms with Gasteiger partial charge in [-0.3, -0.25) is 0 Å². The number of nitrogens with zero attached hydrogens (tertiary/aromatic N) is 1. The molecule has 1 atom stereocenters. The van der Waals surface area contributed by atoms with Crippen LogP contribution >= 0.6 is 0 Å². The topological polar surface area (TPSA) is 15.3 Å². The minimum Gasteiger partial charge on any atom is -0.312 e. The van der Waals surface area contributed by atoms with E-state index in [-0.39, 0.29) is 0 Å². The molecule has 1 saturated heterocycles. The molecule has 0 spiro atoms. The second-order valence-corrected chi connectivity index (χ2v) is 5.35. The van der Waals surface area contributed by atoms with Crippen molar-refractivity contribution in [1.29, 1.82) is 0 Å². The van der Waals surface area contributed by atoms with Crippen LogP contribution in [0.25, 0.3) is 0 Å². The first-order chi connectivity index (χ1) is 9.38. The summed E-state index contributed by atoms with van der Waals surface area (Å²) in [6.07, 6.45) is 8.00. The van der Waals surface area contributed by atoms with E-state index >= 15 is 0 Å². The van der Waals surface area contributed by atoms with E-state index in [1.165, 1.54) is 38.0 Å². The summed E-state index contributed by atoms with van der Waals surface area (Å²) in [6, 6.07) is 11.4. The summed E-state index contributed by atoms with van der Waals surface area (Å²) in [5.74, 6) is 0. The van der Waals surface area contributed by atoms with Crippen LogP contribution < -0.4 is 5.32 Å². The first-order valence-corrected chi connectivity index (χ1v) is 7.49. The van der Waals surface area contributed by atoms with Crippen molar-refractivity contribution < 1.29 is 0 Å². The maximum atomic E-state index is 3.69. The average molecular weight is 258 g/mol. The third kappa shape index (κ3) is 5.17. The molecule has 2 rings (SSSR count). The Balaban J connectivity index is 1.85. The molecule has 19 heavy (non-hydrogen) atoms. The lowest BCUT2D eigenvalue weighted by Crippen LogP contribution is -2.39. The molecule has 1 aromatic carbocycles. The van der Waals surface area contributed by atoms with E-state index in [4.69, 9.17) is 0 Å². The number of nitrogens with one attached hydrogen (secondary N) is 1. The zero-order valence-corrected chi connectivity index (χ0v) is 12.0. The van der Waals surface area contributed by atoms with E-state index in [2.05, 4.69) is 59.6 Å². The Morgan fingerprint density at radius 1 is 1.32 bits per heavy atom. The summed E-state index contributed by atoms with van der Waals surface area (Å²) in [7, 11) is 0.